The van der Waals surface area contributed by atoms with E-state index in [-0.39, 0.29) is 5.56 Å². The summed E-state index contributed by atoms with van der Waals surface area (Å²) in [6.07, 6.45) is 0.243. The lowest BCUT2D eigenvalue weighted by molar-refractivity contribution is 0.151. The number of likely N-dealkylation sites (N-methyl/N-ethyl adjacent to an activating group) is 1. The molecule has 1 aliphatic heterocycles. The van der Waals surface area contributed by atoms with Crippen LogP contribution in [0.2, 0.25) is 0 Å². The van der Waals surface area contributed by atoms with Crippen molar-refractivity contribution in [2.75, 3.05) is 38.1 Å². The molecule has 1 fully saturated rings. The first-order valence-corrected chi connectivity index (χ1v) is 10.0. The topological polar surface area (TPSA) is 31.7 Å². The lowest BCUT2D eigenvalue weighted by atomic mass is 10.0. The van der Waals surface area contributed by atoms with Crippen LogP contribution in [0.15, 0.2) is 78.0 Å². The highest BCUT2D eigenvalue weighted by Gasteiger charge is 2.25. The molecule has 0 atom stereocenters. The van der Waals surface area contributed by atoms with Crippen molar-refractivity contribution < 1.29 is 8.78 Å². The predicted octanol–water partition coefficient (Wildman–Crippen LogP) is 4.94. The number of nitrogens with zero attached hydrogens (tertiary/aromatic N) is 4. The maximum absolute atomic E-state index is 13.9. The molecule has 3 aromatic rings. The van der Waals surface area contributed by atoms with Gasteiger partial charge in [0.25, 0.3) is 6.43 Å². The van der Waals surface area contributed by atoms with Gasteiger partial charge in [0, 0.05) is 43.5 Å². The minimum Gasteiger partial charge on any atom is -0.367 e. The summed E-state index contributed by atoms with van der Waals surface area (Å²) in [4.78, 5) is 13.2. The fourth-order valence-corrected chi connectivity index (χ4v) is 3.68. The molecule has 0 bridgehead atoms. The molecule has 0 aliphatic carbocycles. The average Bonchev–Trinajstić information content (AvgIpc) is 2.79. The molecule has 30 heavy (non-hydrogen) atoms. The van der Waals surface area contributed by atoms with Gasteiger partial charge in [-0.15, -0.1) is 0 Å². The van der Waals surface area contributed by atoms with Crippen LogP contribution in [0.3, 0.4) is 0 Å². The molecule has 0 radical (unpaired) electrons. The number of halogens is 2. The van der Waals surface area contributed by atoms with Gasteiger partial charge in [0.2, 0.25) is 0 Å². The molecule has 0 saturated carbocycles. The van der Waals surface area contributed by atoms with Crippen molar-refractivity contribution in [2.24, 2.45) is 4.99 Å². The lowest BCUT2D eigenvalue weighted by Gasteiger charge is -2.35. The van der Waals surface area contributed by atoms with Crippen LogP contribution in [0.25, 0.3) is 0 Å². The van der Waals surface area contributed by atoms with Crippen molar-refractivity contribution in [3.05, 3.63) is 89.7 Å². The molecule has 1 aromatic heterocycles. The SMILES string of the molecule is CN1CCN(c2c(N=C(c3ccccc3)c3ccccc3)cncc2C(F)F)CC1. The Morgan fingerprint density at radius 3 is 1.97 bits per heavy atom. The molecule has 0 amide bonds. The molecule has 1 saturated heterocycles. The predicted molar refractivity (Wildman–Crippen MR) is 117 cm³/mol. The Morgan fingerprint density at radius 2 is 1.43 bits per heavy atom. The van der Waals surface area contributed by atoms with E-state index in [9.17, 15) is 8.78 Å². The first-order chi connectivity index (χ1) is 14.6. The van der Waals surface area contributed by atoms with Crippen LogP contribution in [-0.4, -0.2) is 48.8 Å². The second-order valence-electron chi connectivity index (χ2n) is 7.38. The fraction of sp³-hybridized carbons (Fsp3) is 0.250. The van der Waals surface area contributed by atoms with Gasteiger partial charge in [-0.1, -0.05) is 60.7 Å². The second kappa shape index (κ2) is 9.13. The minimum absolute atomic E-state index is 0.0683. The van der Waals surface area contributed by atoms with E-state index in [4.69, 9.17) is 4.99 Å². The number of hydrogen-bond acceptors (Lipinski definition) is 4. The first-order valence-electron chi connectivity index (χ1n) is 10.0. The maximum atomic E-state index is 13.9. The van der Waals surface area contributed by atoms with Crippen LogP contribution < -0.4 is 4.90 Å². The number of aliphatic imine (C=N–C) groups is 1. The molecule has 4 nitrogen and oxygen atoms in total. The number of benzene rings is 2. The normalized spacial score (nSPS) is 14.7. The van der Waals surface area contributed by atoms with Crippen LogP contribution in [0, 0.1) is 0 Å². The molecule has 1 aliphatic rings. The lowest BCUT2D eigenvalue weighted by Crippen LogP contribution is -2.44. The molecule has 4 rings (SSSR count). The van der Waals surface area contributed by atoms with Gasteiger partial charge in [-0.05, 0) is 7.05 Å². The van der Waals surface area contributed by atoms with Crippen molar-refractivity contribution in [2.45, 2.75) is 6.43 Å². The highest BCUT2D eigenvalue weighted by molar-refractivity contribution is 6.14. The molecule has 6 heteroatoms. The van der Waals surface area contributed by atoms with Gasteiger partial charge in [0.15, 0.2) is 0 Å². The third-order valence-electron chi connectivity index (χ3n) is 5.31. The van der Waals surface area contributed by atoms with E-state index in [1.807, 2.05) is 72.6 Å². The Bertz CT molecular complexity index is 957. The van der Waals surface area contributed by atoms with Gasteiger partial charge in [-0.2, -0.15) is 0 Å². The number of rotatable bonds is 5. The Kier molecular flexibility index (Phi) is 6.14. The number of anilines is 1. The van der Waals surface area contributed by atoms with Gasteiger partial charge < -0.3 is 9.80 Å². The third-order valence-corrected chi connectivity index (χ3v) is 5.31. The van der Waals surface area contributed by atoms with Gasteiger partial charge >= 0.3 is 0 Å². The van der Waals surface area contributed by atoms with E-state index in [0.29, 0.717) is 24.5 Å². The maximum Gasteiger partial charge on any atom is 0.267 e. The molecule has 0 N–H and O–H groups in total. The Labute approximate surface area is 175 Å². The van der Waals surface area contributed by atoms with E-state index >= 15 is 0 Å². The van der Waals surface area contributed by atoms with E-state index in [0.717, 1.165) is 29.9 Å². The Hall–Kier alpha value is -3.12. The molecular weight excluding hydrogens is 382 g/mol. The summed E-state index contributed by atoms with van der Waals surface area (Å²) in [5, 5.41) is 0. The largest absolute Gasteiger partial charge is 0.367 e. The standard InChI is InChI=1S/C24H24F2N4/c1-29-12-14-30(15-13-29)23-20(24(25)26)16-27-17-21(23)28-22(18-8-4-2-5-9-18)19-10-6-3-7-11-19/h2-11,16-17,24H,12-15H2,1H3. The van der Waals surface area contributed by atoms with Gasteiger partial charge in [0.1, 0.15) is 5.69 Å². The van der Waals surface area contributed by atoms with Crippen LogP contribution in [-0.2, 0) is 0 Å². The molecular formula is C24H24F2N4. The van der Waals surface area contributed by atoms with Crippen LogP contribution in [0.1, 0.15) is 23.1 Å². The van der Waals surface area contributed by atoms with Crippen molar-refractivity contribution >= 4 is 17.1 Å². The zero-order valence-corrected chi connectivity index (χ0v) is 16.9. The molecule has 0 spiro atoms. The van der Waals surface area contributed by atoms with Crippen LogP contribution >= 0.6 is 0 Å². The summed E-state index contributed by atoms with van der Waals surface area (Å²) in [5.41, 5.74) is 3.48. The zero-order valence-electron chi connectivity index (χ0n) is 16.9. The molecule has 2 heterocycles. The van der Waals surface area contributed by atoms with Crippen molar-refractivity contribution in [3.8, 4) is 0 Å². The number of hydrogen-bond donors (Lipinski definition) is 0. The Balaban J connectivity index is 1.87. The van der Waals surface area contributed by atoms with Gasteiger partial charge in [-0.25, -0.2) is 13.8 Å². The number of aromatic nitrogens is 1. The quantitative estimate of drug-likeness (QED) is 0.563. The van der Waals surface area contributed by atoms with Crippen LogP contribution in [0.4, 0.5) is 20.2 Å². The van der Waals surface area contributed by atoms with E-state index in [2.05, 4.69) is 9.88 Å². The average molecular weight is 406 g/mol. The summed E-state index contributed by atoms with van der Waals surface area (Å²) in [6.45, 7) is 2.99. The summed E-state index contributed by atoms with van der Waals surface area (Å²) in [5.74, 6) is 0. The van der Waals surface area contributed by atoms with E-state index in [1.54, 1.807) is 6.20 Å². The van der Waals surface area contributed by atoms with Crippen LogP contribution in [0.5, 0.6) is 0 Å². The third kappa shape index (κ3) is 4.39. The highest BCUT2D eigenvalue weighted by Crippen LogP contribution is 2.38. The van der Waals surface area contributed by atoms with Gasteiger partial charge in [0.05, 0.1) is 23.2 Å². The summed E-state index contributed by atoms with van der Waals surface area (Å²) in [7, 11) is 2.04. The highest BCUT2D eigenvalue weighted by atomic mass is 19.3. The van der Waals surface area contributed by atoms with Crippen molar-refractivity contribution in [1.82, 2.24) is 9.88 Å². The number of pyridine rings is 1. The molecule has 0 unspecified atom stereocenters. The second-order valence-corrected chi connectivity index (χ2v) is 7.38. The van der Waals surface area contributed by atoms with Crippen molar-refractivity contribution in [3.63, 3.8) is 0 Å². The molecule has 2 aromatic carbocycles. The first kappa shape index (κ1) is 20.2. The van der Waals surface area contributed by atoms with E-state index < -0.39 is 6.43 Å². The number of alkyl halides is 2. The Morgan fingerprint density at radius 1 is 0.867 bits per heavy atom. The monoisotopic (exact) mass is 406 g/mol. The summed E-state index contributed by atoms with van der Waals surface area (Å²) >= 11 is 0. The summed E-state index contributed by atoms with van der Waals surface area (Å²) in [6, 6.07) is 19.6. The van der Waals surface area contributed by atoms with Gasteiger partial charge in [-0.3, -0.25) is 4.98 Å². The minimum atomic E-state index is -2.61. The smallest absolute Gasteiger partial charge is 0.267 e. The fourth-order valence-electron chi connectivity index (χ4n) is 3.68. The summed E-state index contributed by atoms with van der Waals surface area (Å²) < 4.78 is 27.8. The zero-order chi connectivity index (χ0) is 20.9. The molecule has 154 valence electrons. The number of piperazine rings is 1. The van der Waals surface area contributed by atoms with Crippen molar-refractivity contribution in [1.29, 1.82) is 0 Å². The van der Waals surface area contributed by atoms with E-state index in [1.165, 1.54) is 6.20 Å².